The number of thiophene rings is 1. The number of nitrogens with zero attached hydrogens (tertiary/aromatic N) is 2. The highest BCUT2D eigenvalue weighted by atomic mass is 79.9. The van der Waals surface area contributed by atoms with Gasteiger partial charge in [0.05, 0.1) is 5.56 Å². The third-order valence-electron chi connectivity index (χ3n) is 1.76. The fraction of sp³-hybridized carbons (Fsp3) is 0.125. The zero-order valence-electron chi connectivity index (χ0n) is 8.29. The summed E-state index contributed by atoms with van der Waals surface area (Å²) in [4.78, 5) is 14.6. The number of aromatic nitrogens is 2. The maximum Gasteiger partial charge on any atom is 0.425 e. The number of amides is 1. The normalized spacial score (nSPS) is 11.6. The van der Waals surface area contributed by atoms with Gasteiger partial charge in [0.15, 0.2) is 0 Å². The molecule has 96 valence electrons. The average Bonchev–Trinajstić information content (AvgIpc) is 2.85. The monoisotopic (exact) mass is 357 g/mol. The molecule has 0 aliphatic rings. The van der Waals surface area contributed by atoms with E-state index in [-0.39, 0.29) is 10.7 Å². The highest BCUT2D eigenvalue weighted by Crippen LogP contribution is 2.34. The molecule has 18 heavy (non-hydrogen) atoms. The van der Waals surface area contributed by atoms with Crippen molar-refractivity contribution in [3.63, 3.8) is 0 Å². The van der Waals surface area contributed by atoms with Crippen molar-refractivity contribution in [2.45, 2.75) is 6.18 Å². The number of nitrogens with one attached hydrogen (secondary N) is 1. The molecule has 0 fully saturated rings. The third kappa shape index (κ3) is 3.06. The maximum absolute atomic E-state index is 12.3. The average molecular weight is 358 g/mol. The van der Waals surface area contributed by atoms with Gasteiger partial charge in [0.25, 0.3) is 5.91 Å². The molecule has 4 nitrogen and oxygen atoms in total. The summed E-state index contributed by atoms with van der Waals surface area (Å²) in [7, 11) is 0. The van der Waals surface area contributed by atoms with Crippen LogP contribution in [0.4, 0.5) is 18.3 Å². The number of rotatable bonds is 2. The van der Waals surface area contributed by atoms with Crippen LogP contribution in [0.25, 0.3) is 0 Å². The number of halogens is 4. The van der Waals surface area contributed by atoms with Crippen molar-refractivity contribution < 1.29 is 18.0 Å². The molecule has 2 aromatic rings. The Balaban J connectivity index is 2.12. The Bertz CT molecular complexity index is 580. The predicted octanol–water partition coefficient (Wildman–Crippen LogP) is 3.63. The lowest BCUT2D eigenvalue weighted by Gasteiger charge is -2.00. The van der Waals surface area contributed by atoms with Crippen molar-refractivity contribution in [1.82, 2.24) is 9.36 Å². The van der Waals surface area contributed by atoms with Gasteiger partial charge in [-0.3, -0.25) is 10.1 Å². The molecule has 1 amide bonds. The van der Waals surface area contributed by atoms with Gasteiger partial charge in [0, 0.05) is 16.9 Å². The van der Waals surface area contributed by atoms with E-state index in [2.05, 4.69) is 30.6 Å². The van der Waals surface area contributed by atoms with Gasteiger partial charge < -0.3 is 0 Å². The first-order chi connectivity index (χ1) is 8.36. The van der Waals surface area contributed by atoms with Crippen LogP contribution in [0, 0.1) is 0 Å². The standard InChI is InChI=1S/C8H3BrF3N3OS2/c9-6-14-7(18-15-6)13-5(16)3-1-4(17-2-3)8(10,11)12/h1-2H,(H,13,14,15,16). The Labute approximate surface area is 115 Å². The quantitative estimate of drug-likeness (QED) is 0.892. The number of carbonyl (C=O) groups excluding carboxylic acids is 1. The largest absolute Gasteiger partial charge is 0.425 e. The van der Waals surface area contributed by atoms with E-state index >= 15 is 0 Å². The highest BCUT2D eigenvalue weighted by Gasteiger charge is 2.33. The molecule has 0 aliphatic heterocycles. The van der Waals surface area contributed by atoms with Gasteiger partial charge >= 0.3 is 6.18 Å². The Morgan fingerprint density at radius 3 is 2.67 bits per heavy atom. The topological polar surface area (TPSA) is 54.9 Å². The second-order valence-electron chi connectivity index (χ2n) is 3.02. The lowest BCUT2D eigenvalue weighted by Crippen LogP contribution is -2.11. The fourth-order valence-corrected chi connectivity index (χ4v) is 2.77. The third-order valence-corrected chi connectivity index (χ3v) is 3.96. The molecule has 0 bridgehead atoms. The molecule has 0 atom stereocenters. The summed E-state index contributed by atoms with van der Waals surface area (Å²) in [6.45, 7) is 0. The second-order valence-corrected chi connectivity index (χ2v) is 5.39. The molecule has 0 spiro atoms. The van der Waals surface area contributed by atoms with Gasteiger partial charge in [-0.05, 0) is 22.0 Å². The van der Waals surface area contributed by atoms with Crippen LogP contribution < -0.4 is 5.32 Å². The van der Waals surface area contributed by atoms with Gasteiger partial charge in [-0.25, -0.2) is 0 Å². The lowest BCUT2D eigenvalue weighted by molar-refractivity contribution is -0.134. The molecule has 2 rings (SSSR count). The predicted molar refractivity (Wildman–Crippen MR) is 64.9 cm³/mol. The van der Waals surface area contributed by atoms with E-state index in [0.717, 1.165) is 23.0 Å². The minimum Gasteiger partial charge on any atom is -0.297 e. The summed E-state index contributed by atoms with van der Waals surface area (Å²) in [5.74, 6) is -0.648. The molecule has 2 heterocycles. The van der Waals surface area contributed by atoms with Gasteiger partial charge in [-0.2, -0.15) is 22.5 Å². The van der Waals surface area contributed by atoms with Crippen LogP contribution in [0.15, 0.2) is 16.2 Å². The van der Waals surface area contributed by atoms with Gasteiger partial charge in [0.1, 0.15) is 4.88 Å². The first-order valence-electron chi connectivity index (χ1n) is 4.32. The van der Waals surface area contributed by atoms with Gasteiger partial charge in [-0.15, -0.1) is 11.3 Å². The minimum absolute atomic E-state index is 0.0568. The maximum atomic E-state index is 12.3. The van der Waals surface area contributed by atoms with Gasteiger partial charge in [-0.1, -0.05) is 0 Å². The number of hydrogen-bond acceptors (Lipinski definition) is 5. The summed E-state index contributed by atoms with van der Waals surface area (Å²) in [5.41, 5.74) is -0.0568. The Kier molecular flexibility index (Phi) is 3.69. The molecule has 0 aliphatic carbocycles. The van der Waals surface area contributed by atoms with E-state index in [1.807, 2.05) is 0 Å². The number of carbonyl (C=O) groups is 1. The molecule has 0 saturated heterocycles. The van der Waals surface area contributed by atoms with Crippen LogP contribution in [0.5, 0.6) is 0 Å². The SMILES string of the molecule is O=C(Nc1nc(Br)ns1)c1csc(C(F)(F)F)c1. The fourth-order valence-electron chi connectivity index (χ4n) is 1.03. The minimum atomic E-state index is -4.44. The zero-order valence-corrected chi connectivity index (χ0v) is 11.5. The van der Waals surface area contributed by atoms with E-state index in [4.69, 9.17) is 0 Å². The van der Waals surface area contributed by atoms with Crippen LogP contribution in [-0.2, 0) is 6.18 Å². The molecule has 0 unspecified atom stereocenters. The molecular weight excluding hydrogens is 355 g/mol. The van der Waals surface area contributed by atoms with E-state index in [0.29, 0.717) is 16.1 Å². The van der Waals surface area contributed by atoms with Crippen LogP contribution in [0.1, 0.15) is 15.2 Å². The van der Waals surface area contributed by atoms with E-state index in [1.165, 1.54) is 0 Å². The van der Waals surface area contributed by atoms with E-state index in [1.54, 1.807) is 0 Å². The lowest BCUT2D eigenvalue weighted by atomic mass is 10.3. The molecule has 0 aromatic carbocycles. The number of anilines is 1. The molecule has 1 N–H and O–H groups in total. The zero-order chi connectivity index (χ0) is 13.3. The molecule has 0 saturated carbocycles. The molecule has 10 heteroatoms. The smallest absolute Gasteiger partial charge is 0.297 e. The van der Waals surface area contributed by atoms with E-state index < -0.39 is 17.0 Å². The Morgan fingerprint density at radius 1 is 1.44 bits per heavy atom. The van der Waals surface area contributed by atoms with Crippen LogP contribution in [0.2, 0.25) is 0 Å². The van der Waals surface area contributed by atoms with E-state index in [9.17, 15) is 18.0 Å². The highest BCUT2D eigenvalue weighted by molar-refractivity contribution is 9.10. The molecular formula is C8H3BrF3N3OS2. The number of hydrogen-bond donors (Lipinski definition) is 1. The summed E-state index contributed by atoms with van der Waals surface area (Å²) in [6, 6.07) is 0.802. The summed E-state index contributed by atoms with van der Waals surface area (Å²) in [6.07, 6.45) is -4.44. The summed E-state index contributed by atoms with van der Waals surface area (Å²) in [5, 5.41) is 3.72. The van der Waals surface area contributed by atoms with Gasteiger partial charge in [0.2, 0.25) is 9.87 Å². The summed E-state index contributed by atoms with van der Waals surface area (Å²) >= 11 is 4.40. The van der Waals surface area contributed by atoms with Crippen molar-refractivity contribution >= 4 is 49.8 Å². The Morgan fingerprint density at radius 2 is 2.17 bits per heavy atom. The Hall–Kier alpha value is -1.00. The van der Waals surface area contributed by atoms with Crippen molar-refractivity contribution in [3.8, 4) is 0 Å². The first kappa shape index (κ1) is 13.4. The van der Waals surface area contributed by atoms with Crippen LogP contribution in [0.3, 0.4) is 0 Å². The van der Waals surface area contributed by atoms with Crippen LogP contribution >= 0.6 is 38.8 Å². The number of alkyl halides is 3. The second kappa shape index (κ2) is 4.94. The van der Waals surface area contributed by atoms with Crippen molar-refractivity contribution in [1.29, 1.82) is 0 Å². The summed E-state index contributed by atoms with van der Waals surface area (Å²) < 4.78 is 41.1. The van der Waals surface area contributed by atoms with Crippen molar-refractivity contribution in [2.75, 3.05) is 5.32 Å². The van der Waals surface area contributed by atoms with Crippen molar-refractivity contribution in [3.05, 3.63) is 26.6 Å². The van der Waals surface area contributed by atoms with Crippen LogP contribution in [-0.4, -0.2) is 15.3 Å². The molecule has 2 aromatic heterocycles. The van der Waals surface area contributed by atoms with Crippen molar-refractivity contribution in [2.24, 2.45) is 0 Å². The first-order valence-corrected chi connectivity index (χ1v) is 6.77. The molecule has 0 radical (unpaired) electrons.